The second-order valence-corrected chi connectivity index (χ2v) is 14.8. The van der Waals surface area contributed by atoms with E-state index in [1.165, 1.54) is 76.6 Å². The number of allylic oxidation sites excluding steroid dienone is 1. The van der Waals surface area contributed by atoms with Gasteiger partial charge in [-0.2, -0.15) is 0 Å². The lowest BCUT2D eigenvalue weighted by Gasteiger charge is -2.28. The van der Waals surface area contributed by atoms with Crippen LogP contribution in [-0.2, 0) is 6.42 Å². The molecule has 11 rings (SSSR count). The van der Waals surface area contributed by atoms with Gasteiger partial charge in [-0.15, -0.1) is 0 Å². The topological polar surface area (TPSA) is 16.4 Å². The molecule has 264 valence electrons. The predicted molar refractivity (Wildman–Crippen MR) is 237 cm³/mol. The van der Waals surface area contributed by atoms with Crippen LogP contribution in [-0.4, -0.2) is 0 Å². The molecular weight excluding hydrogens is 679 g/mol. The average Bonchev–Trinajstić information content (AvgIpc) is 3.67. The summed E-state index contributed by atoms with van der Waals surface area (Å²) >= 11 is 0. The van der Waals surface area contributed by atoms with Crippen LogP contribution in [0.5, 0.6) is 0 Å². The molecule has 1 aliphatic rings. The molecule has 2 heteroatoms. The molecule has 1 aliphatic carbocycles. The molecule has 0 saturated heterocycles. The maximum absolute atomic E-state index is 6.32. The van der Waals surface area contributed by atoms with Crippen LogP contribution in [0.3, 0.4) is 0 Å². The highest BCUT2D eigenvalue weighted by molar-refractivity contribution is 6.14. The highest BCUT2D eigenvalue weighted by atomic mass is 16.3. The van der Waals surface area contributed by atoms with E-state index in [0.29, 0.717) is 0 Å². The van der Waals surface area contributed by atoms with E-state index >= 15 is 0 Å². The van der Waals surface area contributed by atoms with Gasteiger partial charge in [0.05, 0.1) is 5.69 Å². The molecule has 56 heavy (non-hydrogen) atoms. The number of aryl methyl sites for hydroxylation is 1. The van der Waals surface area contributed by atoms with Crippen LogP contribution in [0.25, 0.3) is 82.7 Å². The molecular formula is C54H37NO. The molecule has 0 bridgehead atoms. The van der Waals surface area contributed by atoms with Gasteiger partial charge in [-0.25, -0.2) is 0 Å². The Bertz CT molecular complexity index is 3120. The fraction of sp³-hybridized carbons (Fsp3) is 0.0370. The first kappa shape index (κ1) is 32.3. The number of rotatable bonds is 6. The van der Waals surface area contributed by atoms with Gasteiger partial charge in [0.2, 0.25) is 0 Å². The number of benzene rings is 9. The monoisotopic (exact) mass is 715 g/mol. The first-order chi connectivity index (χ1) is 27.8. The van der Waals surface area contributed by atoms with Crippen LogP contribution in [0.15, 0.2) is 199 Å². The third-order valence-electron chi connectivity index (χ3n) is 11.5. The Kier molecular flexibility index (Phi) is 7.67. The zero-order chi connectivity index (χ0) is 37.0. The zero-order valence-electron chi connectivity index (χ0n) is 30.8. The Morgan fingerprint density at radius 2 is 1.07 bits per heavy atom. The lowest BCUT2D eigenvalue weighted by atomic mass is 9.92. The number of para-hydroxylation sites is 1. The van der Waals surface area contributed by atoms with Crippen LogP contribution in [0.4, 0.5) is 17.1 Å². The first-order valence-corrected chi connectivity index (χ1v) is 19.5. The third kappa shape index (κ3) is 5.41. The minimum Gasteiger partial charge on any atom is -0.456 e. The molecule has 0 amide bonds. The largest absolute Gasteiger partial charge is 0.456 e. The van der Waals surface area contributed by atoms with E-state index in [9.17, 15) is 0 Å². The lowest BCUT2D eigenvalue weighted by Crippen LogP contribution is -2.11. The van der Waals surface area contributed by atoms with E-state index in [2.05, 4.69) is 205 Å². The van der Waals surface area contributed by atoms with Crippen LogP contribution >= 0.6 is 0 Å². The highest BCUT2D eigenvalue weighted by Gasteiger charge is 2.21. The van der Waals surface area contributed by atoms with Crippen molar-refractivity contribution < 1.29 is 4.42 Å². The van der Waals surface area contributed by atoms with Gasteiger partial charge in [-0.05, 0) is 134 Å². The molecule has 1 heterocycles. The molecule has 2 nitrogen and oxygen atoms in total. The minimum atomic E-state index is 0.963. The summed E-state index contributed by atoms with van der Waals surface area (Å²) < 4.78 is 6.32. The second kappa shape index (κ2) is 13.3. The predicted octanol–water partition coefficient (Wildman–Crippen LogP) is 15.3. The molecule has 9 aromatic carbocycles. The van der Waals surface area contributed by atoms with Gasteiger partial charge in [-0.1, -0.05) is 140 Å². The van der Waals surface area contributed by atoms with Crippen molar-refractivity contribution in [1.82, 2.24) is 0 Å². The SMILES string of the molecule is C1=Cc2oc3ccc4ccc(-c5ccc(N(c6ccccc6)c6ccc(-c7cc8ccccc8c8ccccc78)cc6)c(-c6ccccc6)c5)cc4c3c2CC1. The van der Waals surface area contributed by atoms with Crippen molar-refractivity contribution in [2.24, 2.45) is 0 Å². The molecule has 0 aliphatic heterocycles. The van der Waals surface area contributed by atoms with Crippen LogP contribution in [0.1, 0.15) is 17.7 Å². The Morgan fingerprint density at radius 1 is 0.429 bits per heavy atom. The number of hydrogen-bond donors (Lipinski definition) is 0. The summed E-state index contributed by atoms with van der Waals surface area (Å²) in [4.78, 5) is 2.39. The molecule has 10 aromatic rings. The van der Waals surface area contributed by atoms with Crippen molar-refractivity contribution in [1.29, 1.82) is 0 Å². The zero-order valence-corrected chi connectivity index (χ0v) is 30.8. The fourth-order valence-corrected chi connectivity index (χ4v) is 8.83. The number of nitrogens with zero attached hydrogens (tertiary/aromatic N) is 1. The summed E-state index contributed by atoms with van der Waals surface area (Å²) in [5.74, 6) is 1.000. The summed E-state index contributed by atoms with van der Waals surface area (Å²) in [5.41, 5.74) is 12.7. The Balaban J connectivity index is 1.06. The molecule has 0 fully saturated rings. The smallest absolute Gasteiger partial charge is 0.135 e. The molecule has 0 radical (unpaired) electrons. The average molecular weight is 716 g/mol. The Hall–Kier alpha value is -7.16. The van der Waals surface area contributed by atoms with E-state index in [-0.39, 0.29) is 0 Å². The van der Waals surface area contributed by atoms with Crippen molar-refractivity contribution >= 4 is 66.4 Å². The minimum absolute atomic E-state index is 0.963. The van der Waals surface area contributed by atoms with Crippen molar-refractivity contribution in [2.45, 2.75) is 12.8 Å². The molecule has 0 saturated carbocycles. The van der Waals surface area contributed by atoms with Crippen molar-refractivity contribution in [3.8, 4) is 33.4 Å². The number of furan rings is 1. The summed E-state index contributed by atoms with van der Waals surface area (Å²) in [7, 11) is 0. The summed E-state index contributed by atoms with van der Waals surface area (Å²) in [6.07, 6.45) is 6.40. The van der Waals surface area contributed by atoms with E-state index < -0.39 is 0 Å². The van der Waals surface area contributed by atoms with E-state index in [1.54, 1.807) is 0 Å². The van der Waals surface area contributed by atoms with Gasteiger partial charge in [0.15, 0.2) is 0 Å². The number of anilines is 3. The van der Waals surface area contributed by atoms with E-state index in [1.807, 2.05) is 0 Å². The molecule has 0 N–H and O–H groups in total. The highest BCUT2D eigenvalue weighted by Crippen LogP contribution is 2.45. The normalized spacial score (nSPS) is 12.4. The maximum Gasteiger partial charge on any atom is 0.135 e. The molecule has 0 unspecified atom stereocenters. The number of hydrogen-bond acceptors (Lipinski definition) is 2. The van der Waals surface area contributed by atoms with Crippen molar-refractivity contribution in [3.05, 3.63) is 205 Å². The van der Waals surface area contributed by atoms with E-state index in [4.69, 9.17) is 4.42 Å². The third-order valence-corrected chi connectivity index (χ3v) is 11.5. The summed E-state index contributed by atoms with van der Waals surface area (Å²) in [5, 5.41) is 8.80. The van der Waals surface area contributed by atoms with Gasteiger partial charge >= 0.3 is 0 Å². The summed E-state index contributed by atoms with van der Waals surface area (Å²) in [6.45, 7) is 0. The van der Waals surface area contributed by atoms with Crippen LogP contribution < -0.4 is 4.90 Å². The molecule has 1 aromatic heterocycles. The first-order valence-electron chi connectivity index (χ1n) is 19.5. The second-order valence-electron chi connectivity index (χ2n) is 14.8. The standard InChI is InChI=1S/C54H37NO/c1-3-13-36(14-4-1)49-33-40(39-24-23-38-28-32-53-54(50(38)34-39)47-21-11-12-22-52(47)56-53)27-31-51(49)55(42-16-5-2-6-17-42)43-29-25-37(26-30-43)48-35-41-15-7-8-18-44(41)45-19-9-10-20-46(45)48/h1-10,12-20,22-35H,11,21H2. The van der Waals surface area contributed by atoms with Crippen LogP contribution in [0.2, 0.25) is 0 Å². The van der Waals surface area contributed by atoms with Crippen molar-refractivity contribution in [3.63, 3.8) is 0 Å². The molecule has 0 spiro atoms. The lowest BCUT2D eigenvalue weighted by molar-refractivity contribution is 0.595. The summed E-state index contributed by atoms with van der Waals surface area (Å²) in [6, 6.07) is 68.5. The maximum atomic E-state index is 6.32. The molecule has 0 atom stereocenters. The van der Waals surface area contributed by atoms with Crippen LogP contribution in [0, 0.1) is 0 Å². The quantitative estimate of drug-likeness (QED) is 0.159. The van der Waals surface area contributed by atoms with Crippen molar-refractivity contribution in [2.75, 3.05) is 4.90 Å². The Morgan fingerprint density at radius 3 is 1.91 bits per heavy atom. The number of fused-ring (bicyclic) bond motifs is 8. The Labute approximate surface area is 326 Å². The van der Waals surface area contributed by atoms with Gasteiger partial charge in [0, 0.05) is 27.9 Å². The van der Waals surface area contributed by atoms with Gasteiger partial charge in [0.25, 0.3) is 0 Å². The van der Waals surface area contributed by atoms with Gasteiger partial charge in [-0.3, -0.25) is 0 Å². The van der Waals surface area contributed by atoms with Gasteiger partial charge < -0.3 is 9.32 Å². The van der Waals surface area contributed by atoms with Gasteiger partial charge in [0.1, 0.15) is 11.3 Å². The van der Waals surface area contributed by atoms with E-state index in [0.717, 1.165) is 41.2 Å². The fourth-order valence-electron chi connectivity index (χ4n) is 8.83.